The Kier molecular flexibility index (Phi) is 7.51. The van der Waals surface area contributed by atoms with Crippen molar-refractivity contribution in [3.8, 4) is 39.1 Å². The van der Waals surface area contributed by atoms with E-state index in [0.717, 1.165) is 22.7 Å². The van der Waals surface area contributed by atoms with E-state index in [4.69, 9.17) is 0 Å². The number of hydrogen-bond donors (Lipinski definition) is 0. The number of hydrogen-bond acceptors (Lipinski definition) is 2. The van der Waals surface area contributed by atoms with Gasteiger partial charge in [0.2, 0.25) is 0 Å². The zero-order valence-electron chi connectivity index (χ0n) is 34.7. The van der Waals surface area contributed by atoms with Gasteiger partial charge in [-0.15, -0.1) is 11.3 Å². The molecule has 2 aliphatic rings. The molecule has 3 heteroatoms. The maximum absolute atomic E-state index is 2.52. The van der Waals surface area contributed by atoms with Gasteiger partial charge in [0.15, 0.2) is 0 Å². The topological polar surface area (TPSA) is 8.17 Å². The van der Waals surface area contributed by atoms with Crippen molar-refractivity contribution in [3.63, 3.8) is 0 Å². The molecule has 10 aromatic carbocycles. The van der Waals surface area contributed by atoms with E-state index in [-0.39, 0.29) is 0 Å². The first-order valence-corrected chi connectivity index (χ1v) is 22.9. The monoisotopic (exact) mass is 830 g/mol. The third-order valence-electron chi connectivity index (χ3n) is 14.0. The predicted octanol–water partition coefficient (Wildman–Crippen LogP) is 16.6. The van der Waals surface area contributed by atoms with Crippen LogP contribution in [0.1, 0.15) is 22.3 Å². The Morgan fingerprint density at radius 2 is 0.953 bits per heavy atom. The first-order valence-electron chi connectivity index (χ1n) is 22.1. The number of benzene rings is 10. The van der Waals surface area contributed by atoms with Gasteiger partial charge in [0.1, 0.15) is 0 Å². The molecular formula is C61H38N2S. The Hall–Kier alpha value is -7.98. The predicted molar refractivity (Wildman–Crippen MR) is 270 cm³/mol. The fourth-order valence-electron chi connectivity index (χ4n) is 11.5. The zero-order valence-corrected chi connectivity index (χ0v) is 35.6. The quantitative estimate of drug-likeness (QED) is 0.168. The Morgan fingerprint density at radius 3 is 1.70 bits per heavy atom. The summed E-state index contributed by atoms with van der Waals surface area (Å²) in [7, 11) is 0. The van der Waals surface area contributed by atoms with Gasteiger partial charge in [-0.3, -0.25) is 0 Å². The molecule has 2 nitrogen and oxygen atoms in total. The second-order valence-corrected chi connectivity index (χ2v) is 18.2. The van der Waals surface area contributed by atoms with E-state index in [1.54, 1.807) is 0 Å². The van der Waals surface area contributed by atoms with Gasteiger partial charge < -0.3 is 9.47 Å². The smallest absolute Gasteiger partial charge is 0.0726 e. The van der Waals surface area contributed by atoms with Crippen LogP contribution in [0, 0.1) is 0 Å². The van der Waals surface area contributed by atoms with Crippen molar-refractivity contribution in [2.24, 2.45) is 0 Å². The fraction of sp³-hybridized carbons (Fsp3) is 0.0164. The number of fused-ring (bicyclic) bond motifs is 17. The molecule has 0 bridgehead atoms. The van der Waals surface area contributed by atoms with Crippen molar-refractivity contribution in [2.75, 3.05) is 4.90 Å². The first-order chi connectivity index (χ1) is 31.8. The molecular weight excluding hydrogens is 793 g/mol. The van der Waals surface area contributed by atoms with Crippen molar-refractivity contribution in [3.05, 3.63) is 253 Å². The Balaban J connectivity index is 1.08. The van der Waals surface area contributed by atoms with Crippen LogP contribution in [0.5, 0.6) is 0 Å². The van der Waals surface area contributed by atoms with Crippen LogP contribution in [-0.2, 0) is 5.41 Å². The molecule has 12 aromatic rings. The zero-order chi connectivity index (χ0) is 41.9. The summed E-state index contributed by atoms with van der Waals surface area (Å²) in [5, 5.41) is 5.15. The van der Waals surface area contributed by atoms with Gasteiger partial charge >= 0.3 is 0 Å². The Labute approximate surface area is 375 Å². The van der Waals surface area contributed by atoms with Gasteiger partial charge in [-0.1, -0.05) is 164 Å². The standard InChI is InChI=1S/C61H38N2S/c1-3-16-39(17-4-1)40-30-32-42(33-31-40)62(54-28-15-27-52-58(54)46-22-9-13-26-51(46)61(52)49-24-11-7-20-44(49)45-21-8-12-25-50(45)61)43-34-35-53-48(38-43)59-55(63(53)41-18-5-2-6-19-41)36-37-57-60(59)47-23-10-14-29-56(47)64-57/h1-38H. The highest BCUT2D eigenvalue weighted by Crippen LogP contribution is 2.64. The van der Waals surface area contributed by atoms with E-state index in [2.05, 4.69) is 240 Å². The van der Waals surface area contributed by atoms with Crippen LogP contribution >= 0.6 is 11.3 Å². The number of aromatic nitrogens is 1. The van der Waals surface area contributed by atoms with Gasteiger partial charge in [-0.05, 0) is 117 Å². The summed E-state index contributed by atoms with van der Waals surface area (Å²) >= 11 is 1.88. The van der Waals surface area contributed by atoms with Crippen LogP contribution in [0.25, 0.3) is 81.0 Å². The maximum Gasteiger partial charge on any atom is 0.0726 e. The summed E-state index contributed by atoms with van der Waals surface area (Å²) in [5.41, 5.74) is 19.4. The van der Waals surface area contributed by atoms with Gasteiger partial charge in [-0.2, -0.15) is 0 Å². The lowest BCUT2D eigenvalue weighted by atomic mass is 9.70. The highest BCUT2D eigenvalue weighted by molar-refractivity contribution is 7.26. The van der Waals surface area contributed by atoms with Gasteiger partial charge in [0, 0.05) is 53.6 Å². The van der Waals surface area contributed by atoms with Crippen LogP contribution in [-0.4, -0.2) is 4.57 Å². The third kappa shape index (κ3) is 4.79. The van der Waals surface area contributed by atoms with Crippen molar-refractivity contribution in [2.45, 2.75) is 5.41 Å². The number of para-hydroxylation sites is 1. The summed E-state index contributed by atoms with van der Waals surface area (Å²) in [5.74, 6) is 0. The number of anilines is 3. The van der Waals surface area contributed by atoms with E-state index in [0.29, 0.717) is 0 Å². The molecule has 14 rings (SSSR count). The molecule has 0 aliphatic heterocycles. The molecule has 2 heterocycles. The van der Waals surface area contributed by atoms with Crippen LogP contribution in [0.15, 0.2) is 231 Å². The number of rotatable bonds is 5. The molecule has 0 amide bonds. The van der Waals surface area contributed by atoms with Gasteiger partial charge in [0.25, 0.3) is 0 Å². The third-order valence-corrected chi connectivity index (χ3v) is 15.1. The molecule has 298 valence electrons. The van der Waals surface area contributed by atoms with Crippen LogP contribution < -0.4 is 4.90 Å². The summed E-state index contributed by atoms with van der Waals surface area (Å²) in [6.45, 7) is 0. The van der Waals surface area contributed by atoms with Crippen molar-refractivity contribution in [1.82, 2.24) is 4.57 Å². The minimum atomic E-state index is -0.448. The van der Waals surface area contributed by atoms with Crippen LogP contribution in [0.2, 0.25) is 0 Å². The molecule has 0 N–H and O–H groups in total. The van der Waals surface area contributed by atoms with Crippen LogP contribution in [0.4, 0.5) is 17.1 Å². The first kappa shape index (κ1) is 35.6. The lowest BCUT2D eigenvalue weighted by Gasteiger charge is -2.32. The van der Waals surface area contributed by atoms with Crippen molar-refractivity contribution >= 4 is 70.4 Å². The largest absolute Gasteiger partial charge is 0.310 e. The molecule has 0 atom stereocenters. The summed E-state index contributed by atoms with van der Waals surface area (Å²) in [6, 6.07) is 85.7. The minimum absolute atomic E-state index is 0.448. The second-order valence-electron chi connectivity index (χ2n) is 17.1. The van der Waals surface area contributed by atoms with Crippen LogP contribution in [0.3, 0.4) is 0 Å². The molecule has 0 radical (unpaired) electrons. The molecule has 1 spiro atoms. The Bertz CT molecular complexity index is 3790. The average molecular weight is 831 g/mol. The van der Waals surface area contributed by atoms with E-state index in [9.17, 15) is 0 Å². The van der Waals surface area contributed by atoms with Crippen molar-refractivity contribution < 1.29 is 0 Å². The van der Waals surface area contributed by atoms with E-state index in [1.165, 1.54) is 97.6 Å². The highest BCUT2D eigenvalue weighted by Gasteiger charge is 2.52. The summed E-state index contributed by atoms with van der Waals surface area (Å²) < 4.78 is 5.07. The molecule has 0 unspecified atom stereocenters. The highest BCUT2D eigenvalue weighted by atomic mass is 32.1. The number of nitrogens with zero attached hydrogens (tertiary/aromatic N) is 2. The van der Waals surface area contributed by atoms with Gasteiger partial charge in [-0.25, -0.2) is 0 Å². The lowest BCUT2D eigenvalue weighted by Crippen LogP contribution is -2.26. The lowest BCUT2D eigenvalue weighted by molar-refractivity contribution is 0.794. The average Bonchev–Trinajstić information content (AvgIpc) is 4.09. The SMILES string of the molecule is c1ccc(-c2ccc(N(c3ccc4c(c3)c3c5c(ccc3n4-c3ccccc3)sc3ccccc35)c3cccc4c3-c3ccccc3C43c4ccccc4-c4ccccc43)cc2)cc1. The Morgan fingerprint density at radius 1 is 0.375 bits per heavy atom. The minimum Gasteiger partial charge on any atom is -0.310 e. The molecule has 2 aromatic heterocycles. The fourth-order valence-corrected chi connectivity index (χ4v) is 12.6. The number of thiophene rings is 1. The molecule has 0 saturated carbocycles. The van der Waals surface area contributed by atoms with E-state index >= 15 is 0 Å². The van der Waals surface area contributed by atoms with E-state index in [1.807, 2.05) is 11.3 Å². The van der Waals surface area contributed by atoms with Gasteiger partial charge in [0.05, 0.1) is 22.1 Å². The molecule has 2 aliphatic carbocycles. The second kappa shape index (κ2) is 13.5. The molecule has 0 fully saturated rings. The van der Waals surface area contributed by atoms with E-state index < -0.39 is 5.41 Å². The maximum atomic E-state index is 2.52. The summed E-state index contributed by atoms with van der Waals surface area (Å²) in [4.78, 5) is 2.52. The summed E-state index contributed by atoms with van der Waals surface area (Å²) in [6.07, 6.45) is 0. The van der Waals surface area contributed by atoms with Crippen molar-refractivity contribution in [1.29, 1.82) is 0 Å². The molecule has 64 heavy (non-hydrogen) atoms. The molecule has 0 saturated heterocycles. The normalized spacial score (nSPS) is 13.1.